The zero-order chi connectivity index (χ0) is 8.55. The maximum Gasteiger partial charge on any atom is 0.123 e. The van der Waals surface area contributed by atoms with Crippen LogP contribution < -0.4 is 5.32 Å². The van der Waals surface area contributed by atoms with E-state index < -0.39 is 6.67 Å². The first kappa shape index (κ1) is 7.53. The van der Waals surface area contributed by atoms with Crippen LogP contribution in [0, 0.1) is 5.82 Å². The van der Waals surface area contributed by atoms with Crippen LogP contribution in [0.4, 0.5) is 14.5 Å². The van der Waals surface area contributed by atoms with Crippen molar-refractivity contribution in [2.45, 2.75) is 5.92 Å². The van der Waals surface area contributed by atoms with Crippen molar-refractivity contribution >= 4 is 5.69 Å². The van der Waals surface area contributed by atoms with Crippen molar-refractivity contribution in [2.75, 3.05) is 18.5 Å². The fourth-order valence-electron chi connectivity index (χ4n) is 1.51. The summed E-state index contributed by atoms with van der Waals surface area (Å²) in [5.74, 6) is -0.466. The van der Waals surface area contributed by atoms with E-state index in [9.17, 15) is 8.78 Å². The maximum atomic E-state index is 12.7. The highest BCUT2D eigenvalue weighted by Crippen LogP contribution is 2.31. The molecule has 1 nitrogen and oxygen atoms in total. The zero-order valence-electron chi connectivity index (χ0n) is 6.48. The lowest BCUT2D eigenvalue weighted by Crippen LogP contribution is -2.03. The predicted molar refractivity (Wildman–Crippen MR) is 43.6 cm³/mol. The van der Waals surface area contributed by atoms with E-state index in [1.807, 2.05) is 0 Å². The van der Waals surface area contributed by atoms with Crippen molar-refractivity contribution < 1.29 is 8.78 Å². The van der Waals surface area contributed by atoms with Gasteiger partial charge in [-0.3, -0.25) is 4.39 Å². The van der Waals surface area contributed by atoms with Gasteiger partial charge in [-0.2, -0.15) is 0 Å². The molecule has 0 amide bonds. The molecule has 2 rings (SSSR count). The highest BCUT2D eigenvalue weighted by molar-refractivity contribution is 5.57. The van der Waals surface area contributed by atoms with E-state index >= 15 is 0 Å². The Bertz CT molecular complexity index is 299. The molecule has 0 radical (unpaired) electrons. The number of benzene rings is 1. The minimum absolute atomic E-state index is 0.171. The summed E-state index contributed by atoms with van der Waals surface area (Å²) < 4.78 is 25.1. The minimum Gasteiger partial charge on any atom is -0.384 e. The number of rotatable bonds is 1. The third kappa shape index (κ3) is 1.05. The monoisotopic (exact) mass is 169 g/mol. The molecule has 1 aliphatic heterocycles. The van der Waals surface area contributed by atoms with Gasteiger partial charge in [0, 0.05) is 18.2 Å². The summed E-state index contributed by atoms with van der Waals surface area (Å²) >= 11 is 0. The third-order valence-corrected chi connectivity index (χ3v) is 2.18. The Morgan fingerprint density at radius 1 is 1.50 bits per heavy atom. The van der Waals surface area contributed by atoms with Crippen LogP contribution in [0.3, 0.4) is 0 Å². The van der Waals surface area contributed by atoms with Gasteiger partial charge in [0.1, 0.15) is 5.82 Å². The van der Waals surface area contributed by atoms with Gasteiger partial charge in [-0.25, -0.2) is 4.39 Å². The minimum atomic E-state index is -0.427. The summed E-state index contributed by atoms with van der Waals surface area (Å²) in [4.78, 5) is 0. The first-order chi connectivity index (χ1) is 5.81. The Labute approximate surface area is 69.4 Å². The topological polar surface area (TPSA) is 12.0 Å². The van der Waals surface area contributed by atoms with Crippen LogP contribution in [-0.4, -0.2) is 13.2 Å². The first-order valence-corrected chi connectivity index (χ1v) is 3.90. The average Bonchev–Trinajstić information content (AvgIpc) is 2.46. The molecule has 1 aromatic carbocycles. The second-order valence-electron chi connectivity index (χ2n) is 2.96. The lowest BCUT2D eigenvalue weighted by molar-refractivity contribution is 0.446. The molecule has 12 heavy (non-hydrogen) atoms. The molecule has 0 spiro atoms. The average molecular weight is 169 g/mol. The molecule has 3 heteroatoms. The number of anilines is 1. The number of halogens is 2. The molecule has 0 aromatic heterocycles. The summed E-state index contributed by atoms with van der Waals surface area (Å²) in [6.07, 6.45) is 0. The SMILES string of the molecule is FCC1CNc2ccc(F)cc21. The van der Waals surface area contributed by atoms with Gasteiger partial charge in [0.25, 0.3) is 0 Å². The summed E-state index contributed by atoms with van der Waals surface area (Å²) in [7, 11) is 0. The predicted octanol–water partition coefficient (Wildman–Crippen LogP) is 2.30. The summed E-state index contributed by atoms with van der Waals surface area (Å²) in [5.41, 5.74) is 1.62. The van der Waals surface area contributed by atoms with Crippen molar-refractivity contribution in [1.82, 2.24) is 0 Å². The normalized spacial score (nSPS) is 20.3. The molecular weight excluding hydrogens is 160 g/mol. The van der Waals surface area contributed by atoms with Crippen LogP contribution in [-0.2, 0) is 0 Å². The second-order valence-corrected chi connectivity index (χ2v) is 2.96. The first-order valence-electron chi connectivity index (χ1n) is 3.90. The summed E-state index contributed by atoms with van der Waals surface area (Å²) in [6, 6.07) is 4.44. The molecule has 0 fully saturated rings. The summed E-state index contributed by atoms with van der Waals surface area (Å²) in [6.45, 7) is 0.152. The number of nitrogens with one attached hydrogen (secondary N) is 1. The standard InChI is InChI=1S/C9H9F2N/c10-4-6-5-12-9-2-1-7(11)3-8(6)9/h1-3,6,12H,4-5H2. The highest BCUT2D eigenvalue weighted by atomic mass is 19.1. The molecule has 1 unspecified atom stereocenters. The van der Waals surface area contributed by atoms with E-state index in [1.165, 1.54) is 12.1 Å². The van der Waals surface area contributed by atoms with Crippen LogP contribution in [0.5, 0.6) is 0 Å². The molecule has 0 aliphatic carbocycles. The largest absolute Gasteiger partial charge is 0.384 e. The molecule has 1 aliphatic rings. The van der Waals surface area contributed by atoms with Crippen LogP contribution in [0.25, 0.3) is 0 Å². The molecule has 1 atom stereocenters. The van der Waals surface area contributed by atoms with Gasteiger partial charge >= 0.3 is 0 Å². The van der Waals surface area contributed by atoms with E-state index in [2.05, 4.69) is 5.32 Å². The number of fused-ring (bicyclic) bond motifs is 1. The van der Waals surface area contributed by atoms with Gasteiger partial charge in [-0.15, -0.1) is 0 Å². The molecule has 0 bridgehead atoms. The fraction of sp³-hybridized carbons (Fsp3) is 0.333. The number of hydrogen-bond acceptors (Lipinski definition) is 1. The molecule has 1 heterocycles. The van der Waals surface area contributed by atoms with Gasteiger partial charge in [0.15, 0.2) is 0 Å². The molecule has 1 N–H and O–H groups in total. The quantitative estimate of drug-likeness (QED) is 0.680. The van der Waals surface area contributed by atoms with Gasteiger partial charge < -0.3 is 5.32 Å². The Balaban J connectivity index is 2.42. The smallest absolute Gasteiger partial charge is 0.123 e. The van der Waals surface area contributed by atoms with Crippen molar-refractivity contribution in [3.63, 3.8) is 0 Å². The molecule has 0 saturated carbocycles. The molecule has 0 saturated heterocycles. The van der Waals surface area contributed by atoms with Crippen molar-refractivity contribution in [3.05, 3.63) is 29.6 Å². The lowest BCUT2D eigenvalue weighted by Gasteiger charge is -2.02. The Morgan fingerprint density at radius 3 is 3.08 bits per heavy atom. The van der Waals surface area contributed by atoms with Crippen LogP contribution in [0.15, 0.2) is 18.2 Å². The van der Waals surface area contributed by atoms with Crippen molar-refractivity contribution in [2.24, 2.45) is 0 Å². The molecule has 1 aromatic rings. The van der Waals surface area contributed by atoms with E-state index in [4.69, 9.17) is 0 Å². The van der Waals surface area contributed by atoms with E-state index in [1.54, 1.807) is 6.07 Å². The van der Waals surface area contributed by atoms with Gasteiger partial charge in [0.05, 0.1) is 6.67 Å². The van der Waals surface area contributed by atoms with Crippen LogP contribution >= 0.6 is 0 Å². The Kier molecular flexibility index (Phi) is 1.71. The summed E-state index contributed by atoms with van der Waals surface area (Å²) in [5, 5.41) is 3.02. The fourth-order valence-corrected chi connectivity index (χ4v) is 1.51. The van der Waals surface area contributed by atoms with Gasteiger partial charge in [-0.05, 0) is 23.8 Å². The van der Waals surface area contributed by atoms with Crippen molar-refractivity contribution in [1.29, 1.82) is 0 Å². The molecule has 64 valence electrons. The third-order valence-electron chi connectivity index (χ3n) is 2.18. The highest BCUT2D eigenvalue weighted by Gasteiger charge is 2.21. The molecular formula is C9H9F2N. The van der Waals surface area contributed by atoms with Crippen LogP contribution in [0.1, 0.15) is 11.5 Å². The van der Waals surface area contributed by atoms with E-state index in [0.717, 1.165) is 11.3 Å². The van der Waals surface area contributed by atoms with Crippen molar-refractivity contribution in [3.8, 4) is 0 Å². The zero-order valence-corrected chi connectivity index (χ0v) is 6.48. The number of alkyl halides is 1. The lowest BCUT2D eigenvalue weighted by atomic mass is 10.0. The number of hydrogen-bond donors (Lipinski definition) is 1. The second kappa shape index (κ2) is 2.73. The Morgan fingerprint density at radius 2 is 2.33 bits per heavy atom. The van der Waals surface area contributed by atoms with Crippen LogP contribution in [0.2, 0.25) is 0 Å². The Hall–Kier alpha value is -1.12. The van der Waals surface area contributed by atoms with Gasteiger partial charge in [-0.1, -0.05) is 0 Å². The van der Waals surface area contributed by atoms with E-state index in [-0.39, 0.29) is 11.7 Å². The van der Waals surface area contributed by atoms with E-state index in [0.29, 0.717) is 6.54 Å². The van der Waals surface area contributed by atoms with Gasteiger partial charge in [0.2, 0.25) is 0 Å². The maximum absolute atomic E-state index is 12.7.